The molecular formula is C7H8N4. The highest BCUT2D eigenvalue weighted by Crippen LogP contribution is 2.11. The molecule has 4 nitrogen and oxygen atoms in total. The molecule has 0 unspecified atom stereocenters. The number of nitrogens with zero attached hydrogens (tertiary/aromatic N) is 3. The smallest absolute Gasteiger partial charge is 0.144 e. The molecule has 2 N–H and O–H groups in total. The fourth-order valence-corrected chi connectivity index (χ4v) is 1.03. The van der Waals surface area contributed by atoms with E-state index in [0.29, 0.717) is 5.82 Å². The molecule has 0 aliphatic rings. The molecule has 2 heterocycles. The number of fused-ring (bicyclic) bond motifs is 1. The number of anilines is 1. The van der Waals surface area contributed by atoms with E-state index in [1.54, 1.807) is 12.5 Å². The van der Waals surface area contributed by atoms with Crippen molar-refractivity contribution in [3.63, 3.8) is 0 Å². The number of nitrogen functional groups attached to an aromatic ring is 1. The van der Waals surface area contributed by atoms with Gasteiger partial charge in [0, 0.05) is 18.0 Å². The molecular weight excluding hydrogens is 140 g/mol. The summed E-state index contributed by atoms with van der Waals surface area (Å²) in [5.41, 5.74) is 7.38. The van der Waals surface area contributed by atoms with Gasteiger partial charge in [-0.05, 0) is 6.92 Å². The maximum absolute atomic E-state index is 5.58. The zero-order valence-corrected chi connectivity index (χ0v) is 6.15. The Morgan fingerprint density at radius 1 is 1.45 bits per heavy atom. The van der Waals surface area contributed by atoms with Gasteiger partial charge in [0.2, 0.25) is 0 Å². The molecule has 11 heavy (non-hydrogen) atoms. The SMILES string of the molecule is Cc1c(N)ncn2ccnc12. The summed E-state index contributed by atoms with van der Waals surface area (Å²) in [5.74, 6) is 0.545. The predicted octanol–water partition coefficient (Wildman–Crippen LogP) is 0.620. The Kier molecular flexibility index (Phi) is 1.09. The Morgan fingerprint density at radius 2 is 2.27 bits per heavy atom. The number of nitrogens with two attached hydrogens (primary N) is 1. The van der Waals surface area contributed by atoms with Crippen LogP contribution in [0, 0.1) is 6.92 Å². The molecule has 0 spiro atoms. The zero-order chi connectivity index (χ0) is 7.84. The van der Waals surface area contributed by atoms with E-state index in [1.807, 2.05) is 17.5 Å². The fourth-order valence-electron chi connectivity index (χ4n) is 1.03. The van der Waals surface area contributed by atoms with Gasteiger partial charge in [-0.25, -0.2) is 9.97 Å². The Balaban J connectivity index is 2.93. The van der Waals surface area contributed by atoms with Crippen LogP contribution < -0.4 is 5.73 Å². The van der Waals surface area contributed by atoms with Gasteiger partial charge in [-0.2, -0.15) is 0 Å². The lowest BCUT2D eigenvalue weighted by Gasteiger charge is -1.99. The fraction of sp³-hybridized carbons (Fsp3) is 0.143. The Hall–Kier alpha value is -1.58. The van der Waals surface area contributed by atoms with Crippen LogP contribution in [0.3, 0.4) is 0 Å². The molecule has 0 atom stereocenters. The largest absolute Gasteiger partial charge is 0.383 e. The van der Waals surface area contributed by atoms with Crippen LogP contribution in [0.25, 0.3) is 5.65 Å². The van der Waals surface area contributed by atoms with Crippen molar-refractivity contribution in [1.29, 1.82) is 0 Å². The van der Waals surface area contributed by atoms with Crippen molar-refractivity contribution in [3.8, 4) is 0 Å². The van der Waals surface area contributed by atoms with E-state index in [9.17, 15) is 0 Å². The van der Waals surface area contributed by atoms with Crippen molar-refractivity contribution in [1.82, 2.24) is 14.4 Å². The summed E-state index contributed by atoms with van der Waals surface area (Å²) in [4.78, 5) is 8.10. The van der Waals surface area contributed by atoms with Crippen LogP contribution in [0.1, 0.15) is 5.56 Å². The van der Waals surface area contributed by atoms with Crippen LogP contribution in [0.2, 0.25) is 0 Å². The summed E-state index contributed by atoms with van der Waals surface area (Å²) < 4.78 is 1.84. The number of aryl methyl sites for hydroxylation is 1. The molecule has 0 fully saturated rings. The van der Waals surface area contributed by atoms with E-state index in [1.165, 1.54) is 0 Å². The second-order valence-corrected chi connectivity index (χ2v) is 2.41. The van der Waals surface area contributed by atoms with Gasteiger partial charge in [0.15, 0.2) is 0 Å². The minimum Gasteiger partial charge on any atom is -0.383 e. The lowest BCUT2D eigenvalue weighted by molar-refractivity contribution is 1.07. The molecule has 2 rings (SSSR count). The van der Waals surface area contributed by atoms with Gasteiger partial charge < -0.3 is 5.73 Å². The van der Waals surface area contributed by atoms with E-state index in [2.05, 4.69) is 9.97 Å². The van der Waals surface area contributed by atoms with Gasteiger partial charge in [-0.15, -0.1) is 0 Å². The summed E-state index contributed by atoms with van der Waals surface area (Å²) in [6, 6.07) is 0. The average molecular weight is 148 g/mol. The summed E-state index contributed by atoms with van der Waals surface area (Å²) in [6.07, 6.45) is 5.23. The van der Waals surface area contributed by atoms with Crippen molar-refractivity contribution in [2.75, 3.05) is 5.73 Å². The van der Waals surface area contributed by atoms with Gasteiger partial charge in [-0.1, -0.05) is 0 Å². The molecule has 0 bridgehead atoms. The molecule has 56 valence electrons. The zero-order valence-electron chi connectivity index (χ0n) is 6.15. The van der Waals surface area contributed by atoms with Gasteiger partial charge in [-0.3, -0.25) is 4.40 Å². The summed E-state index contributed by atoms with van der Waals surface area (Å²) in [7, 11) is 0. The van der Waals surface area contributed by atoms with Crippen LogP contribution in [0.5, 0.6) is 0 Å². The van der Waals surface area contributed by atoms with E-state index in [4.69, 9.17) is 5.73 Å². The maximum atomic E-state index is 5.58. The third kappa shape index (κ3) is 0.756. The van der Waals surface area contributed by atoms with Crippen molar-refractivity contribution >= 4 is 11.5 Å². The number of rotatable bonds is 0. The van der Waals surface area contributed by atoms with Crippen molar-refractivity contribution in [2.24, 2.45) is 0 Å². The molecule has 0 amide bonds. The van der Waals surface area contributed by atoms with Gasteiger partial charge in [0.1, 0.15) is 17.8 Å². The molecule has 2 aromatic heterocycles. The highest BCUT2D eigenvalue weighted by atomic mass is 15.0. The first kappa shape index (κ1) is 6.15. The number of aromatic nitrogens is 3. The second-order valence-electron chi connectivity index (χ2n) is 2.41. The summed E-state index contributed by atoms with van der Waals surface area (Å²) in [6.45, 7) is 1.91. The van der Waals surface area contributed by atoms with Crippen LogP contribution in [0.15, 0.2) is 18.7 Å². The second kappa shape index (κ2) is 1.95. The molecule has 2 aromatic rings. The maximum Gasteiger partial charge on any atom is 0.144 e. The minimum atomic E-state index is 0.545. The number of hydrogen-bond acceptors (Lipinski definition) is 3. The van der Waals surface area contributed by atoms with Crippen molar-refractivity contribution < 1.29 is 0 Å². The summed E-state index contributed by atoms with van der Waals surface area (Å²) in [5, 5.41) is 0. The van der Waals surface area contributed by atoms with E-state index >= 15 is 0 Å². The molecule has 4 heteroatoms. The third-order valence-corrected chi connectivity index (χ3v) is 1.71. The Labute approximate surface area is 63.7 Å². The first-order valence-corrected chi connectivity index (χ1v) is 3.33. The number of hydrogen-bond donors (Lipinski definition) is 1. The molecule has 0 radical (unpaired) electrons. The van der Waals surface area contributed by atoms with Gasteiger partial charge in [0.25, 0.3) is 0 Å². The normalized spacial score (nSPS) is 10.6. The van der Waals surface area contributed by atoms with Crippen LogP contribution in [-0.2, 0) is 0 Å². The van der Waals surface area contributed by atoms with Crippen LogP contribution in [0.4, 0.5) is 5.82 Å². The predicted molar refractivity (Wildman–Crippen MR) is 42.1 cm³/mol. The molecule has 0 aromatic carbocycles. The van der Waals surface area contributed by atoms with Crippen molar-refractivity contribution in [3.05, 3.63) is 24.3 Å². The first-order valence-electron chi connectivity index (χ1n) is 3.33. The quantitative estimate of drug-likeness (QED) is 0.595. The average Bonchev–Trinajstić information content (AvgIpc) is 2.45. The molecule has 0 aliphatic carbocycles. The molecule has 0 aliphatic heterocycles. The first-order chi connectivity index (χ1) is 5.29. The topological polar surface area (TPSA) is 56.2 Å². The lowest BCUT2D eigenvalue weighted by atomic mass is 10.3. The Bertz CT molecular complexity index is 390. The highest BCUT2D eigenvalue weighted by molar-refractivity contribution is 5.56. The monoisotopic (exact) mass is 148 g/mol. The Morgan fingerprint density at radius 3 is 3.09 bits per heavy atom. The van der Waals surface area contributed by atoms with E-state index in [0.717, 1.165) is 11.2 Å². The summed E-state index contributed by atoms with van der Waals surface area (Å²) >= 11 is 0. The standard InChI is InChI=1S/C7H8N4/c1-5-6(8)10-4-11-3-2-9-7(5)11/h2-4H,8H2,1H3. The lowest BCUT2D eigenvalue weighted by Crippen LogP contribution is -1.97. The minimum absolute atomic E-state index is 0.545. The van der Waals surface area contributed by atoms with Crippen LogP contribution in [-0.4, -0.2) is 14.4 Å². The van der Waals surface area contributed by atoms with Crippen molar-refractivity contribution in [2.45, 2.75) is 6.92 Å². The number of imidazole rings is 1. The highest BCUT2D eigenvalue weighted by Gasteiger charge is 2.00. The van der Waals surface area contributed by atoms with Gasteiger partial charge in [0.05, 0.1) is 0 Å². The molecule has 0 saturated carbocycles. The van der Waals surface area contributed by atoms with E-state index in [-0.39, 0.29) is 0 Å². The van der Waals surface area contributed by atoms with Crippen LogP contribution >= 0.6 is 0 Å². The van der Waals surface area contributed by atoms with E-state index < -0.39 is 0 Å². The van der Waals surface area contributed by atoms with Gasteiger partial charge >= 0.3 is 0 Å². The third-order valence-electron chi connectivity index (χ3n) is 1.71. The molecule has 0 saturated heterocycles.